The molecule has 0 spiro atoms. The number of ether oxygens (including phenoxy) is 1. The Morgan fingerprint density at radius 1 is 1.03 bits per heavy atom. The number of hydrogen-bond donors (Lipinski definition) is 1. The summed E-state index contributed by atoms with van der Waals surface area (Å²) in [6, 6.07) is 0. The van der Waals surface area contributed by atoms with Crippen LogP contribution in [0.1, 0.15) is 84.5 Å². The van der Waals surface area contributed by atoms with Crippen molar-refractivity contribution in [2.75, 3.05) is 20.1 Å². The molecule has 0 bridgehead atoms. The van der Waals surface area contributed by atoms with Gasteiger partial charge in [-0.1, -0.05) is 13.8 Å². The van der Waals surface area contributed by atoms with E-state index >= 15 is 0 Å². The van der Waals surface area contributed by atoms with Crippen molar-refractivity contribution in [1.82, 2.24) is 10.0 Å². The molecule has 6 nitrogen and oxygen atoms in total. The lowest BCUT2D eigenvalue weighted by molar-refractivity contribution is -0.166. The maximum absolute atomic E-state index is 13.7. The number of amides is 1. The number of aliphatic hydroxyl groups excluding tert-OH is 1. The Balaban J connectivity index is 1.30. The Morgan fingerprint density at radius 3 is 2.55 bits per heavy atom. The van der Waals surface area contributed by atoms with Gasteiger partial charge in [0.2, 0.25) is 5.91 Å². The Kier molecular flexibility index (Phi) is 6.30. The molecule has 0 aromatic carbocycles. The van der Waals surface area contributed by atoms with Crippen LogP contribution in [-0.4, -0.2) is 59.8 Å². The van der Waals surface area contributed by atoms with Gasteiger partial charge in [-0.3, -0.25) is 14.6 Å². The molecule has 9 atom stereocenters. The summed E-state index contributed by atoms with van der Waals surface area (Å²) in [6.45, 7) is 7.04. The number of carbonyl (C=O) groups excluding carboxylic acids is 2. The van der Waals surface area contributed by atoms with Gasteiger partial charge in [0.1, 0.15) is 6.10 Å². The minimum Gasteiger partial charge on any atom is -0.465 e. The second-order valence-electron chi connectivity index (χ2n) is 12.5. The molecule has 1 heterocycles. The maximum Gasteiger partial charge on any atom is 0.293 e. The van der Waals surface area contributed by atoms with Crippen molar-refractivity contribution in [2.45, 2.75) is 96.7 Å². The van der Waals surface area contributed by atoms with E-state index in [2.05, 4.69) is 18.9 Å². The second-order valence-corrected chi connectivity index (χ2v) is 12.5. The van der Waals surface area contributed by atoms with Crippen LogP contribution in [0, 0.1) is 40.4 Å². The van der Waals surface area contributed by atoms with E-state index in [9.17, 15) is 14.7 Å². The highest BCUT2D eigenvalue weighted by Crippen LogP contribution is 2.67. The summed E-state index contributed by atoms with van der Waals surface area (Å²) >= 11 is 0. The van der Waals surface area contributed by atoms with Crippen LogP contribution in [0.5, 0.6) is 0 Å². The number of β-amino-alcohol motifs (C(OH)–C–C–N with tert-alkyl or cyclic N) is 1. The topological polar surface area (TPSA) is 70.1 Å². The third-order valence-corrected chi connectivity index (χ3v) is 11.3. The second kappa shape index (κ2) is 8.82. The number of rotatable bonds is 4. The standard InChI is InChI=1S/C27H44N2O4/c1-26-12-10-20(33-17-30)15-18(26)6-7-21-22-8-9-24(27(22,2)13-11-23(21)26)25(32)28(3)29-14-4-5-19(31)16-29/h17-24,31H,4-16H2,1-3H3/t18?,19?,20?,21-,22-,23-,24?,26-,27-/m0/s1. The average Bonchev–Trinajstić information content (AvgIpc) is 3.15. The van der Waals surface area contributed by atoms with E-state index in [0.29, 0.717) is 30.3 Å². The minimum absolute atomic E-state index is 0.0991. The minimum atomic E-state index is -0.320. The molecule has 33 heavy (non-hydrogen) atoms. The molecule has 186 valence electrons. The van der Waals surface area contributed by atoms with Gasteiger partial charge in [-0.2, -0.15) is 0 Å². The Hall–Kier alpha value is -1.14. The first-order valence-electron chi connectivity index (χ1n) is 13.6. The summed E-state index contributed by atoms with van der Waals surface area (Å²) < 4.78 is 5.38. The van der Waals surface area contributed by atoms with Gasteiger partial charge in [0.15, 0.2) is 0 Å². The Labute approximate surface area is 199 Å². The Morgan fingerprint density at radius 2 is 1.79 bits per heavy atom. The monoisotopic (exact) mass is 460 g/mol. The molecule has 1 N–H and O–H groups in total. The van der Waals surface area contributed by atoms with Crippen molar-refractivity contribution in [2.24, 2.45) is 40.4 Å². The molecule has 1 saturated heterocycles. The van der Waals surface area contributed by atoms with Crippen LogP contribution >= 0.6 is 0 Å². The van der Waals surface area contributed by atoms with Gasteiger partial charge in [0.05, 0.1) is 6.10 Å². The summed E-state index contributed by atoms with van der Waals surface area (Å²) in [5.41, 5.74) is 0.456. The number of hydrogen-bond acceptors (Lipinski definition) is 5. The molecular weight excluding hydrogens is 416 g/mol. The van der Waals surface area contributed by atoms with Gasteiger partial charge in [0.25, 0.3) is 6.47 Å². The van der Waals surface area contributed by atoms with E-state index in [1.54, 1.807) is 0 Å². The largest absolute Gasteiger partial charge is 0.465 e. The molecular formula is C27H44N2O4. The highest BCUT2D eigenvalue weighted by atomic mass is 16.5. The quantitative estimate of drug-likeness (QED) is 0.642. The first-order chi connectivity index (χ1) is 15.8. The zero-order valence-corrected chi connectivity index (χ0v) is 20.9. The summed E-state index contributed by atoms with van der Waals surface area (Å²) in [7, 11) is 1.93. The molecule has 4 saturated carbocycles. The van der Waals surface area contributed by atoms with E-state index in [-0.39, 0.29) is 29.4 Å². The van der Waals surface area contributed by atoms with E-state index in [0.717, 1.165) is 56.9 Å². The fraction of sp³-hybridized carbons (Fsp3) is 0.926. The smallest absolute Gasteiger partial charge is 0.293 e. The van der Waals surface area contributed by atoms with Crippen LogP contribution in [0.15, 0.2) is 0 Å². The third-order valence-electron chi connectivity index (χ3n) is 11.3. The number of carbonyl (C=O) groups is 2. The maximum atomic E-state index is 13.7. The molecule has 0 aromatic heterocycles. The van der Waals surface area contributed by atoms with Crippen LogP contribution in [0.4, 0.5) is 0 Å². The van der Waals surface area contributed by atoms with Gasteiger partial charge >= 0.3 is 0 Å². The van der Waals surface area contributed by atoms with Gasteiger partial charge in [-0.25, -0.2) is 5.01 Å². The van der Waals surface area contributed by atoms with E-state index in [1.807, 2.05) is 12.1 Å². The summed E-state index contributed by atoms with van der Waals surface area (Å²) in [5, 5.41) is 14.0. The van der Waals surface area contributed by atoms with Crippen molar-refractivity contribution in [3.63, 3.8) is 0 Å². The highest BCUT2D eigenvalue weighted by molar-refractivity contribution is 5.79. The zero-order valence-electron chi connectivity index (χ0n) is 20.9. The number of fused-ring (bicyclic) bond motifs is 5. The normalized spacial score (nSPS) is 47.7. The van der Waals surface area contributed by atoms with Crippen molar-refractivity contribution in [3.8, 4) is 0 Å². The van der Waals surface area contributed by atoms with Crippen molar-refractivity contribution >= 4 is 12.4 Å². The van der Waals surface area contributed by atoms with Crippen LogP contribution < -0.4 is 0 Å². The fourth-order valence-electron chi connectivity index (χ4n) is 9.40. The average molecular weight is 461 g/mol. The number of hydrazine groups is 1. The first-order valence-corrected chi connectivity index (χ1v) is 13.6. The molecule has 4 aliphatic carbocycles. The molecule has 0 aromatic rings. The fourth-order valence-corrected chi connectivity index (χ4v) is 9.40. The molecule has 1 aliphatic heterocycles. The van der Waals surface area contributed by atoms with E-state index in [4.69, 9.17) is 4.74 Å². The predicted molar refractivity (Wildman–Crippen MR) is 126 cm³/mol. The molecule has 6 heteroatoms. The number of nitrogens with zero attached hydrogens (tertiary/aromatic N) is 2. The molecule has 5 rings (SSSR count). The summed E-state index contributed by atoms with van der Waals surface area (Å²) in [6.07, 6.45) is 11.9. The number of aliphatic hydroxyl groups is 1. The predicted octanol–water partition coefficient (Wildman–Crippen LogP) is 4.02. The Bertz CT molecular complexity index is 760. The van der Waals surface area contributed by atoms with E-state index in [1.165, 1.54) is 32.1 Å². The lowest BCUT2D eigenvalue weighted by Crippen LogP contribution is -2.56. The van der Waals surface area contributed by atoms with Crippen molar-refractivity contribution < 1.29 is 19.4 Å². The van der Waals surface area contributed by atoms with Crippen LogP contribution in [0.25, 0.3) is 0 Å². The van der Waals surface area contributed by atoms with Crippen molar-refractivity contribution in [1.29, 1.82) is 0 Å². The lowest BCUT2D eigenvalue weighted by atomic mass is 9.44. The molecule has 1 amide bonds. The van der Waals surface area contributed by atoms with Crippen LogP contribution in [0.3, 0.4) is 0 Å². The summed E-state index contributed by atoms with van der Waals surface area (Å²) in [5.74, 6) is 3.17. The highest BCUT2D eigenvalue weighted by Gasteiger charge is 2.61. The van der Waals surface area contributed by atoms with Crippen LogP contribution in [0.2, 0.25) is 0 Å². The van der Waals surface area contributed by atoms with Gasteiger partial charge in [-0.05, 0) is 105 Å². The zero-order chi connectivity index (χ0) is 23.4. The van der Waals surface area contributed by atoms with Gasteiger partial charge < -0.3 is 9.84 Å². The SMILES string of the molecule is CN(C(=O)C1CC[C@H]2[C@@H]3CCC4CC(OC=O)CC[C@]4(C)[C@H]3CC[C@]12C)N1CCCC(O)C1. The molecule has 5 fully saturated rings. The van der Waals surface area contributed by atoms with Gasteiger partial charge in [0, 0.05) is 26.1 Å². The molecule has 5 aliphatic rings. The lowest BCUT2D eigenvalue weighted by Gasteiger charge is -2.61. The summed E-state index contributed by atoms with van der Waals surface area (Å²) in [4.78, 5) is 24.6. The molecule has 0 radical (unpaired) electrons. The number of piperidine rings is 1. The van der Waals surface area contributed by atoms with Crippen molar-refractivity contribution in [3.05, 3.63) is 0 Å². The third kappa shape index (κ3) is 3.84. The first kappa shape index (κ1) is 23.6. The van der Waals surface area contributed by atoms with Gasteiger partial charge in [-0.15, -0.1) is 0 Å². The van der Waals surface area contributed by atoms with E-state index < -0.39 is 0 Å². The molecule has 4 unspecified atom stereocenters. The van der Waals surface area contributed by atoms with Crippen LogP contribution in [-0.2, 0) is 14.3 Å².